The number of ketones is 1. The number of anilines is 1. The van der Waals surface area contributed by atoms with Crippen molar-refractivity contribution >= 4 is 44.7 Å². The zero-order valence-electron chi connectivity index (χ0n) is 18.3. The van der Waals surface area contributed by atoms with E-state index >= 15 is 0 Å². The van der Waals surface area contributed by atoms with Gasteiger partial charge in [-0.25, -0.2) is 8.42 Å². The van der Waals surface area contributed by atoms with Gasteiger partial charge in [-0.2, -0.15) is 0 Å². The summed E-state index contributed by atoms with van der Waals surface area (Å²) >= 11 is 5.90. The van der Waals surface area contributed by atoms with Gasteiger partial charge in [0.25, 0.3) is 5.91 Å². The Labute approximate surface area is 198 Å². The number of carbonyl (C=O) groups is 3. The molecule has 0 N–H and O–H groups in total. The SMILES string of the molecule is CS(=O)(=O)c1cc(N2CCCC2=O)ccc1C(=O)N1CCC(C(=O)c2ccc(Cl)cc2)CC1. The maximum Gasteiger partial charge on any atom is 0.255 e. The summed E-state index contributed by atoms with van der Waals surface area (Å²) in [6, 6.07) is 11.3. The Balaban J connectivity index is 1.51. The first-order valence-electron chi connectivity index (χ1n) is 10.9. The van der Waals surface area contributed by atoms with Crippen LogP contribution >= 0.6 is 11.6 Å². The van der Waals surface area contributed by atoms with Gasteiger partial charge < -0.3 is 9.80 Å². The highest BCUT2D eigenvalue weighted by Gasteiger charge is 2.31. The van der Waals surface area contributed by atoms with Crippen molar-refractivity contribution in [3.05, 3.63) is 58.6 Å². The molecule has 0 saturated carbocycles. The Morgan fingerprint density at radius 3 is 2.24 bits per heavy atom. The number of benzene rings is 2. The van der Waals surface area contributed by atoms with Crippen LogP contribution in [0, 0.1) is 5.92 Å². The van der Waals surface area contributed by atoms with Crippen molar-refractivity contribution in [3.8, 4) is 0 Å². The van der Waals surface area contributed by atoms with Crippen LogP contribution in [0.3, 0.4) is 0 Å². The average molecular weight is 489 g/mol. The summed E-state index contributed by atoms with van der Waals surface area (Å²) in [4.78, 5) is 41.1. The van der Waals surface area contributed by atoms with Gasteiger partial charge in [-0.1, -0.05) is 11.6 Å². The van der Waals surface area contributed by atoms with Crippen LogP contribution in [0.1, 0.15) is 46.4 Å². The lowest BCUT2D eigenvalue weighted by Gasteiger charge is -2.32. The van der Waals surface area contributed by atoms with Crippen molar-refractivity contribution in [1.82, 2.24) is 4.90 Å². The number of piperidine rings is 1. The summed E-state index contributed by atoms with van der Waals surface area (Å²) in [5.74, 6) is -0.614. The van der Waals surface area contributed by atoms with E-state index in [0.717, 1.165) is 12.7 Å². The van der Waals surface area contributed by atoms with E-state index < -0.39 is 9.84 Å². The monoisotopic (exact) mass is 488 g/mol. The normalized spacial score (nSPS) is 17.5. The molecule has 2 saturated heterocycles. The van der Waals surface area contributed by atoms with Crippen LogP contribution in [0.2, 0.25) is 5.02 Å². The Bertz CT molecular complexity index is 1200. The van der Waals surface area contributed by atoms with Crippen LogP contribution in [-0.2, 0) is 14.6 Å². The van der Waals surface area contributed by atoms with E-state index in [0.29, 0.717) is 55.2 Å². The molecular formula is C24H25ClN2O5S. The molecule has 0 spiro atoms. The van der Waals surface area contributed by atoms with Gasteiger partial charge in [0, 0.05) is 54.5 Å². The molecule has 9 heteroatoms. The van der Waals surface area contributed by atoms with E-state index in [4.69, 9.17) is 11.6 Å². The van der Waals surface area contributed by atoms with Crippen LogP contribution in [0.15, 0.2) is 47.4 Å². The van der Waals surface area contributed by atoms with Crippen LogP contribution in [0.5, 0.6) is 0 Å². The van der Waals surface area contributed by atoms with Crippen molar-refractivity contribution in [2.24, 2.45) is 5.92 Å². The predicted octanol–water partition coefficient (Wildman–Crippen LogP) is 3.61. The number of Topliss-reactive ketones (excluding diaryl/α,β-unsaturated/α-hetero) is 1. The number of halogens is 1. The van der Waals surface area contributed by atoms with E-state index in [9.17, 15) is 22.8 Å². The van der Waals surface area contributed by atoms with Crippen LogP contribution in [0.25, 0.3) is 0 Å². The lowest BCUT2D eigenvalue weighted by atomic mass is 9.88. The third-order valence-corrected chi connectivity index (χ3v) is 7.65. The number of hydrogen-bond donors (Lipinski definition) is 0. The van der Waals surface area contributed by atoms with Crippen molar-refractivity contribution in [3.63, 3.8) is 0 Å². The number of hydrogen-bond acceptors (Lipinski definition) is 5. The fraction of sp³-hybridized carbons (Fsp3) is 0.375. The van der Waals surface area contributed by atoms with Crippen molar-refractivity contribution in [1.29, 1.82) is 0 Å². The molecule has 2 heterocycles. The van der Waals surface area contributed by atoms with Crippen molar-refractivity contribution < 1.29 is 22.8 Å². The van der Waals surface area contributed by atoms with E-state index in [1.54, 1.807) is 40.1 Å². The minimum Gasteiger partial charge on any atom is -0.339 e. The summed E-state index contributed by atoms with van der Waals surface area (Å²) in [5.41, 5.74) is 1.17. The maximum absolute atomic E-state index is 13.2. The van der Waals surface area contributed by atoms with Gasteiger partial charge in [0.1, 0.15) is 0 Å². The molecule has 33 heavy (non-hydrogen) atoms. The Hall–Kier alpha value is -2.71. The minimum absolute atomic E-state index is 0.0234. The molecule has 0 unspecified atom stereocenters. The lowest BCUT2D eigenvalue weighted by Crippen LogP contribution is -2.40. The molecule has 0 radical (unpaired) electrons. The molecule has 2 aromatic rings. The van der Waals surface area contributed by atoms with Crippen LogP contribution in [-0.4, -0.2) is 56.8 Å². The number of likely N-dealkylation sites (tertiary alicyclic amines) is 1. The largest absolute Gasteiger partial charge is 0.339 e. The second-order valence-corrected chi connectivity index (χ2v) is 11.0. The second-order valence-electron chi connectivity index (χ2n) is 8.54. The quantitative estimate of drug-likeness (QED) is 0.599. The zero-order valence-corrected chi connectivity index (χ0v) is 19.9. The molecule has 0 aliphatic carbocycles. The van der Waals surface area contributed by atoms with Gasteiger partial charge in [0.05, 0.1) is 10.5 Å². The molecule has 7 nitrogen and oxygen atoms in total. The summed E-state index contributed by atoms with van der Waals surface area (Å²) in [5, 5.41) is 0.564. The summed E-state index contributed by atoms with van der Waals surface area (Å²) in [6.07, 6.45) is 3.21. The van der Waals surface area contributed by atoms with E-state index in [1.165, 1.54) is 12.1 Å². The lowest BCUT2D eigenvalue weighted by molar-refractivity contribution is -0.117. The molecule has 0 atom stereocenters. The summed E-state index contributed by atoms with van der Waals surface area (Å²) < 4.78 is 25.0. The molecule has 0 bridgehead atoms. The molecule has 2 aromatic carbocycles. The number of rotatable bonds is 5. The molecular weight excluding hydrogens is 464 g/mol. The van der Waals surface area contributed by atoms with E-state index in [2.05, 4.69) is 0 Å². The first-order chi connectivity index (χ1) is 15.6. The number of amides is 2. The van der Waals surface area contributed by atoms with Crippen molar-refractivity contribution in [2.45, 2.75) is 30.6 Å². The molecule has 0 aromatic heterocycles. The van der Waals surface area contributed by atoms with Gasteiger partial charge in [-0.15, -0.1) is 0 Å². The average Bonchev–Trinajstić information content (AvgIpc) is 3.23. The maximum atomic E-state index is 13.2. The molecule has 2 fully saturated rings. The van der Waals surface area contributed by atoms with E-state index in [1.807, 2.05) is 0 Å². The standard InChI is InChI=1S/C24H25ClN2O5S/c1-33(31,32)21-15-19(27-12-2-3-22(27)28)8-9-20(21)24(30)26-13-10-17(11-14-26)23(29)16-4-6-18(25)7-5-16/h4-9,15,17H,2-3,10-14H2,1H3. The second kappa shape index (κ2) is 9.27. The van der Waals surface area contributed by atoms with Gasteiger partial charge >= 0.3 is 0 Å². The first kappa shape index (κ1) is 23.4. The third kappa shape index (κ3) is 4.96. The van der Waals surface area contributed by atoms with E-state index in [-0.39, 0.29) is 34.0 Å². The highest BCUT2D eigenvalue weighted by atomic mass is 35.5. The Morgan fingerprint density at radius 1 is 1.00 bits per heavy atom. The fourth-order valence-corrected chi connectivity index (χ4v) is 5.46. The number of carbonyl (C=O) groups excluding carboxylic acids is 3. The van der Waals surface area contributed by atoms with Crippen molar-refractivity contribution in [2.75, 3.05) is 30.8 Å². The van der Waals surface area contributed by atoms with Gasteiger partial charge in [-0.05, 0) is 61.7 Å². The summed E-state index contributed by atoms with van der Waals surface area (Å²) in [6.45, 7) is 1.25. The predicted molar refractivity (Wildman–Crippen MR) is 126 cm³/mol. The third-order valence-electron chi connectivity index (χ3n) is 6.26. The topological polar surface area (TPSA) is 91.8 Å². The number of sulfone groups is 1. The minimum atomic E-state index is -3.70. The molecule has 2 aliphatic rings. The number of nitrogens with zero attached hydrogens (tertiary/aromatic N) is 2. The highest BCUT2D eigenvalue weighted by Crippen LogP contribution is 2.29. The Kier molecular flexibility index (Phi) is 6.59. The van der Waals surface area contributed by atoms with Gasteiger partial charge in [0.2, 0.25) is 5.91 Å². The van der Waals surface area contributed by atoms with Crippen LogP contribution < -0.4 is 4.90 Å². The fourth-order valence-electron chi connectivity index (χ4n) is 4.45. The highest BCUT2D eigenvalue weighted by molar-refractivity contribution is 7.90. The summed E-state index contributed by atoms with van der Waals surface area (Å²) in [7, 11) is -3.70. The molecule has 174 valence electrons. The molecule has 2 aliphatic heterocycles. The zero-order chi connectivity index (χ0) is 23.8. The molecule has 2 amide bonds. The Morgan fingerprint density at radius 2 is 1.67 bits per heavy atom. The first-order valence-corrected chi connectivity index (χ1v) is 13.2. The van der Waals surface area contributed by atoms with Gasteiger partial charge in [-0.3, -0.25) is 14.4 Å². The molecule has 4 rings (SSSR count). The van der Waals surface area contributed by atoms with Gasteiger partial charge in [0.15, 0.2) is 15.6 Å². The smallest absolute Gasteiger partial charge is 0.255 e. The van der Waals surface area contributed by atoms with Crippen LogP contribution in [0.4, 0.5) is 5.69 Å².